The molecule has 0 saturated heterocycles. The highest BCUT2D eigenvalue weighted by molar-refractivity contribution is 6.05. The highest BCUT2D eigenvalue weighted by atomic mass is 16.6. The SMILES string of the molecule is CC(=O)c1cc(N)cn1C.CC(=O)c1cc(NC(=O)c2cc(NC(=O)OC(C)(C)C)cn2C)cn1C.Cn1cc(NC(=O)OC(C)(C)C)cc1C(=O)O. The van der Waals surface area contributed by atoms with Gasteiger partial charge in [-0.25, -0.2) is 14.4 Å². The number of nitrogens with one attached hydrogen (secondary N) is 3. The predicted molar refractivity (Wildman–Crippen MR) is 201 cm³/mol. The van der Waals surface area contributed by atoms with Gasteiger partial charge in [-0.2, -0.15) is 0 Å². The summed E-state index contributed by atoms with van der Waals surface area (Å²) in [5.74, 6) is -1.45. The Kier molecular flexibility index (Phi) is 14.0. The van der Waals surface area contributed by atoms with Gasteiger partial charge in [-0.3, -0.25) is 25.0 Å². The predicted octanol–water partition coefficient (Wildman–Crippen LogP) is 6.05. The van der Waals surface area contributed by atoms with Crippen molar-refractivity contribution in [2.45, 2.75) is 66.6 Å². The molecule has 0 radical (unpaired) electrons. The van der Waals surface area contributed by atoms with Gasteiger partial charge in [0.05, 0.1) is 34.1 Å². The number of hydrogen-bond donors (Lipinski definition) is 5. The molecular formula is C36H50N8O9. The first-order chi connectivity index (χ1) is 24.3. The van der Waals surface area contributed by atoms with Crippen LogP contribution in [0, 0.1) is 0 Å². The molecule has 4 aromatic rings. The van der Waals surface area contributed by atoms with Crippen LogP contribution in [0.3, 0.4) is 0 Å². The molecule has 17 heteroatoms. The second-order valence-electron chi connectivity index (χ2n) is 14.1. The molecule has 4 rings (SSSR count). The number of anilines is 4. The molecule has 288 valence electrons. The number of hydrogen-bond acceptors (Lipinski definition) is 9. The lowest BCUT2D eigenvalue weighted by Crippen LogP contribution is -2.27. The van der Waals surface area contributed by atoms with Crippen LogP contribution in [0.15, 0.2) is 49.1 Å². The molecule has 0 fully saturated rings. The minimum absolute atomic E-state index is 0.0409. The highest BCUT2D eigenvalue weighted by Gasteiger charge is 2.20. The number of aromatic nitrogens is 4. The van der Waals surface area contributed by atoms with Crippen LogP contribution < -0.4 is 21.7 Å². The van der Waals surface area contributed by atoms with Crippen LogP contribution in [0.4, 0.5) is 32.3 Å². The van der Waals surface area contributed by atoms with Gasteiger partial charge in [-0.05, 0) is 65.8 Å². The van der Waals surface area contributed by atoms with Crippen LogP contribution >= 0.6 is 0 Å². The fraction of sp³-hybridized carbons (Fsp3) is 0.389. The van der Waals surface area contributed by atoms with Crippen LogP contribution in [0.25, 0.3) is 0 Å². The van der Waals surface area contributed by atoms with Crippen molar-refractivity contribution < 1.29 is 43.3 Å². The van der Waals surface area contributed by atoms with E-state index < -0.39 is 29.4 Å². The quantitative estimate of drug-likeness (QED) is 0.138. The molecule has 0 aliphatic rings. The van der Waals surface area contributed by atoms with Crippen molar-refractivity contribution in [2.24, 2.45) is 28.2 Å². The molecule has 0 unspecified atom stereocenters. The molecule has 0 spiro atoms. The minimum Gasteiger partial charge on any atom is -0.477 e. The Bertz CT molecular complexity index is 1980. The number of nitrogens with zero attached hydrogens (tertiary/aromatic N) is 4. The Morgan fingerprint density at radius 1 is 0.566 bits per heavy atom. The number of ether oxygens (including phenoxy) is 2. The van der Waals surface area contributed by atoms with E-state index in [0.29, 0.717) is 39.8 Å². The molecule has 6 N–H and O–H groups in total. The van der Waals surface area contributed by atoms with E-state index >= 15 is 0 Å². The fourth-order valence-electron chi connectivity index (χ4n) is 4.67. The second-order valence-corrected chi connectivity index (χ2v) is 14.1. The number of nitrogen functional groups attached to an aromatic ring is 1. The van der Waals surface area contributed by atoms with Gasteiger partial charge in [0.1, 0.15) is 22.6 Å². The lowest BCUT2D eigenvalue weighted by Gasteiger charge is -2.19. The number of carboxylic acid groups (broad SMARTS) is 1. The number of nitrogens with two attached hydrogens (primary N) is 1. The van der Waals surface area contributed by atoms with Crippen LogP contribution in [0.2, 0.25) is 0 Å². The summed E-state index contributed by atoms with van der Waals surface area (Å²) in [7, 11) is 6.82. The van der Waals surface area contributed by atoms with Crippen molar-refractivity contribution >= 4 is 58.4 Å². The first-order valence-electron chi connectivity index (χ1n) is 16.2. The first kappa shape index (κ1) is 42.9. The number of rotatable bonds is 7. The number of carboxylic acids is 1. The monoisotopic (exact) mass is 738 g/mol. The molecule has 4 heterocycles. The summed E-state index contributed by atoms with van der Waals surface area (Å²) < 4.78 is 16.6. The van der Waals surface area contributed by atoms with Gasteiger partial charge in [-0.1, -0.05) is 0 Å². The summed E-state index contributed by atoms with van der Waals surface area (Å²) in [6.07, 6.45) is 5.30. The Balaban J connectivity index is 0.000000307. The van der Waals surface area contributed by atoms with Gasteiger partial charge in [0, 0.05) is 66.8 Å². The van der Waals surface area contributed by atoms with Gasteiger partial charge in [0.2, 0.25) is 0 Å². The number of amides is 3. The Morgan fingerprint density at radius 2 is 0.906 bits per heavy atom. The zero-order valence-corrected chi connectivity index (χ0v) is 32.2. The number of carbonyl (C=O) groups is 6. The van der Waals surface area contributed by atoms with Crippen molar-refractivity contribution in [1.29, 1.82) is 0 Å². The Labute approximate surface area is 308 Å². The van der Waals surface area contributed by atoms with E-state index in [1.807, 2.05) is 0 Å². The Morgan fingerprint density at radius 3 is 1.23 bits per heavy atom. The number of Topliss-reactive ketones (excluding diaryl/α,β-unsaturated/α-hetero) is 2. The van der Waals surface area contributed by atoms with Crippen molar-refractivity contribution in [3.8, 4) is 0 Å². The molecule has 0 aliphatic carbocycles. The maximum Gasteiger partial charge on any atom is 0.412 e. The molecular weight excluding hydrogens is 688 g/mol. The normalized spacial score (nSPS) is 10.9. The topological polar surface area (TPSA) is 223 Å². The van der Waals surface area contributed by atoms with E-state index in [9.17, 15) is 28.8 Å². The summed E-state index contributed by atoms with van der Waals surface area (Å²) in [4.78, 5) is 68.8. The molecule has 0 aliphatic heterocycles. The summed E-state index contributed by atoms with van der Waals surface area (Å²) >= 11 is 0. The van der Waals surface area contributed by atoms with E-state index in [1.165, 1.54) is 30.7 Å². The summed E-state index contributed by atoms with van der Waals surface area (Å²) in [6, 6.07) is 6.20. The highest BCUT2D eigenvalue weighted by Crippen LogP contribution is 2.19. The average molecular weight is 739 g/mol. The van der Waals surface area contributed by atoms with Gasteiger partial charge < -0.3 is 43.9 Å². The zero-order valence-electron chi connectivity index (χ0n) is 32.2. The van der Waals surface area contributed by atoms with Gasteiger partial charge >= 0.3 is 18.2 Å². The third-order valence-corrected chi connectivity index (χ3v) is 6.76. The standard InChI is InChI=1S/C18H24N4O4.C11H16N2O4.C7H10N2O/c1-11(23)14-7-12(9-21(14)5)19-16(24)15-8-13(10-22(15)6)20-17(25)26-18(2,3)4;1-11(2,3)17-10(16)12-7-5-8(9(14)15)13(4)6-7;1-5(10)7-3-6(8)4-9(7)2/h7-10H,1-6H3,(H,19,24)(H,20,25);5-6H,1-4H3,(H,12,16)(H,14,15);3-4H,8H2,1-2H3. The van der Waals surface area contributed by atoms with Crippen LogP contribution in [0.1, 0.15) is 97.3 Å². The van der Waals surface area contributed by atoms with Crippen LogP contribution in [-0.4, -0.2) is 70.2 Å². The largest absolute Gasteiger partial charge is 0.477 e. The van der Waals surface area contributed by atoms with E-state index in [4.69, 9.17) is 20.3 Å². The number of carbonyl (C=O) groups excluding carboxylic acids is 5. The second kappa shape index (κ2) is 17.3. The number of ketones is 2. The molecule has 0 aromatic carbocycles. The van der Waals surface area contributed by atoms with Crippen LogP contribution in [0.5, 0.6) is 0 Å². The molecule has 3 amide bonds. The van der Waals surface area contributed by atoms with Crippen molar-refractivity contribution in [1.82, 2.24) is 18.3 Å². The van der Waals surface area contributed by atoms with Crippen molar-refractivity contribution in [3.05, 3.63) is 71.8 Å². The van der Waals surface area contributed by atoms with E-state index in [1.54, 1.807) is 120 Å². The Hall–Kier alpha value is -6.26. The van der Waals surface area contributed by atoms with Gasteiger partial charge in [-0.15, -0.1) is 0 Å². The molecule has 0 saturated carbocycles. The van der Waals surface area contributed by atoms with E-state index in [0.717, 1.165) is 0 Å². The van der Waals surface area contributed by atoms with Crippen LogP contribution in [-0.2, 0) is 37.7 Å². The van der Waals surface area contributed by atoms with Gasteiger partial charge in [0.15, 0.2) is 11.6 Å². The van der Waals surface area contributed by atoms with E-state index in [2.05, 4.69) is 16.0 Å². The third-order valence-electron chi connectivity index (χ3n) is 6.76. The van der Waals surface area contributed by atoms with Crippen molar-refractivity contribution in [2.75, 3.05) is 21.7 Å². The first-order valence-corrected chi connectivity index (χ1v) is 16.2. The van der Waals surface area contributed by atoms with Gasteiger partial charge in [0.25, 0.3) is 5.91 Å². The van der Waals surface area contributed by atoms with E-state index in [-0.39, 0.29) is 23.2 Å². The maximum atomic E-state index is 12.5. The summed E-state index contributed by atoms with van der Waals surface area (Å²) in [5, 5.41) is 16.6. The molecule has 53 heavy (non-hydrogen) atoms. The smallest absolute Gasteiger partial charge is 0.412 e. The lowest BCUT2D eigenvalue weighted by atomic mass is 10.2. The summed E-state index contributed by atoms with van der Waals surface area (Å²) in [5.41, 5.74) is 7.83. The zero-order chi connectivity index (χ0) is 40.6. The number of aryl methyl sites for hydroxylation is 4. The fourth-order valence-corrected chi connectivity index (χ4v) is 4.67. The molecule has 0 atom stereocenters. The minimum atomic E-state index is -1.05. The summed E-state index contributed by atoms with van der Waals surface area (Å²) in [6.45, 7) is 13.5. The molecule has 0 bridgehead atoms. The molecule has 4 aromatic heterocycles. The average Bonchev–Trinajstić information content (AvgIpc) is 3.72. The maximum absolute atomic E-state index is 12.5. The molecule has 17 nitrogen and oxygen atoms in total. The number of aromatic carboxylic acids is 1. The van der Waals surface area contributed by atoms with Crippen molar-refractivity contribution in [3.63, 3.8) is 0 Å². The lowest BCUT2D eigenvalue weighted by molar-refractivity contribution is 0.0624. The third kappa shape index (κ3) is 13.8.